The number of aryl methyl sites for hydroxylation is 2. The van der Waals surface area contributed by atoms with Gasteiger partial charge in [-0.05, 0) is 31.5 Å². The second-order valence-electron chi connectivity index (χ2n) is 6.36. The number of sulfonamides is 1. The molecule has 8 nitrogen and oxygen atoms in total. The third kappa shape index (κ3) is 5.78. The summed E-state index contributed by atoms with van der Waals surface area (Å²) in [5.41, 5.74) is 0.0368. The molecule has 0 spiro atoms. The van der Waals surface area contributed by atoms with Crippen LogP contribution in [0.3, 0.4) is 0 Å². The molecule has 3 rings (SSSR count). The third-order valence-electron chi connectivity index (χ3n) is 3.93. The fraction of sp³-hybridized carbons (Fsp3) is 0.278. The van der Waals surface area contributed by atoms with E-state index in [-0.39, 0.29) is 18.7 Å². The molecule has 0 aliphatic heterocycles. The molecule has 2 aromatic heterocycles. The average Bonchev–Trinajstić information content (AvgIpc) is 3.03. The molecule has 0 amide bonds. The van der Waals surface area contributed by atoms with Crippen molar-refractivity contribution < 1.29 is 17.2 Å². The van der Waals surface area contributed by atoms with Gasteiger partial charge in [0.25, 0.3) is 0 Å². The molecule has 11 heteroatoms. The summed E-state index contributed by atoms with van der Waals surface area (Å²) in [7, 11) is -3.75. The summed E-state index contributed by atoms with van der Waals surface area (Å²) in [6, 6.07) is 4.40. The summed E-state index contributed by atoms with van der Waals surface area (Å²) in [4.78, 5) is 12.8. The van der Waals surface area contributed by atoms with E-state index in [1.54, 1.807) is 30.0 Å². The fourth-order valence-electron chi connectivity index (χ4n) is 2.75. The minimum Gasteiger partial charge on any atom is -0.369 e. The number of halogens is 2. The Bertz CT molecular complexity index is 1100. The van der Waals surface area contributed by atoms with Crippen LogP contribution < -0.4 is 10.0 Å². The molecule has 1 aromatic carbocycles. The lowest BCUT2D eigenvalue weighted by molar-refractivity contribution is 0.575. The predicted octanol–water partition coefficient (Wildman–Crippen LogP) is 2.09. The molecule has 0 saturated carbocycles. The van der Waals surface area contributed by atoms with E-state index in [4.69, 9.17) is 0 Å². The molecule has 2 N–H and O–H groups in total. The maximum atomic E-state index is 13.2. The third-order valence-corrected chi connectivity index (χ3v) is 5.29. The van der Waals surface area contributed by atoms with E-state index >= 15 is 0 Å². The fourth-order valence-corrected chi connectivity index (χ4v) is 3.87. The van der Waals surface area contributed by atoms with Crippen molar-refractivity contribution in [3.8, 4) is 5.82 Å². The topological polar surface area (TPSA) is 102 Å². The maximum absolute atomic E-state index is 13.2. The van der Waals surface area contributed by atoms with Crippen molar-refractivity contribution >= 4 is 15.8 Å². The van der Waals surface area contributed by atoms with Gasteiger partial charge in [-0.1, -0.05) is 0 Å². The van der Waals surface area contributed by atoms with Gasteiger partial charge in [0.1, 0.15) is 34.9 Å². The molecule has 29 heavy (non-hydrogen) atoms. The Morgan fingerprint density at radius 2 is 1.76 bits per heavy atom. The van der Waals surface area contributed by atoms with E-state index in [1.165, 1.54) is 0 Å². The van der Waals surface area contributed by atoms with Crippen molar-refractivity contribution in [2.24, 2.45) is 0 Å². The molecule has 0 bridgehead atoms. The number of aromatic nitrogens is 4. The SMILES string of the molecule is Cc1nc(NCCNS(=O)(=O)Cc2cc(F)cc(F)c2)cc(-n2ccnc2C)n1. The summed E-state index contributed by atoms with van der Waals surface area (Å²) >= 11 is 0. The van der Waals surface area contributed by atoms with Crippen molar-refractivity contribution in [3.63, 3.8) is 0 Å². The number of benzene rings is 1. The number of nitrogens with one attached hydrogen (secondary N) is 2. The quantitative estimate of drug-likeness (QED) is 0.539. The molecule has 0 atom stereocenters. The monoisotopic (exact) mass is 422 g/mol. The summed E-state index contributed by atoms with van der Waals surface area (Å²) in [6.07, 6.45) is 3.45. The predicted molar refractivity (Wildman–Crippen MR) is 104 cm³/mol. The Morgan fingerprint density at radius 1 is 1.03 bits per heavy atom. The Kier molecular flexibility index (Phi) is 6.18. The first-order valence-electron chi connectivity index (χ1n) is 8.74. The first-order valence-corrected chi connectivity index (χ1v) is 10.4. The van der Waals surface area contributed by atoms with Gasteiger partial charge in [-0.15, -0.1) is 0 Å². The van der Waals surface area contributed by atoms with Crippen LogP contribution in [-0.2, 0) is 15.8 Å². The standard InChI is InChI=1S/C18H20F2N6O2S/c1-12-24-17(10-18(25-12)26-6-5-21-13(26)2)22-3-4-23-29(27,28)11-14-7-15(19)9-16(20)8-14/h5-10,23H,3-4,11H2,1-2H3,(H,22,24,25). The van der Waals surface area contributed by atoms with Crippen molar-refractivity contribution in [2.45, 2.75) is 19.6 Å². The summed E-state index contributed by atoms with van der Waals surface area (Å²) in [6.45, 7) is 3.93. The van der Waals surface area contributed by atoms with Crippen LogP contribution >= 0.6 is 0 Å². The molecule has 0 aliphatic rings. The van der Waals surface area contributed by atoms with E-state index < -0.39 is 27.4 Å². The van der Waals surface area contributed by atoms with E-state index in [9.17, 15) is 17.2 Å². The summed E-state index contributed by atoms with van der Waals surface area (Å²) in [5.74, 6) is 0.344. The van der Waals surface area contributed by atoms with Crippen molar-refractivity contribution in [1.82, 2.24) is 24.2 Å². The lowest BCUT2D eigenvalue weighted by Crippen LogP contribution is -2.30. The smallest absolute Gasteiger partial charge is 0.215 e. The number of hydrogen-bond donors (Lipinski definition) is 2. The first-order chi connectivity index (χ1) is 13.7. The molecular formula is C18H20F2N6O2S. The highest BCUT2D eigenvalue weighted by Gasteiger charge is 2.13. The van der Waals surface area contributed by atoms with Gasteiger partial charge in [0, 0.05) is 37.6 Å². The normalized spacial score (nSPS) is 11.6. The molecule has 0 saturated heterocycles. The molecule has 0 unspecified atom stereocenters. The number of nitrogens with zero attached hydrogens (tertiary/aromatic N) is 4. The van der Waals surface area contributed by atoms with Crippen LogP contribution in [0.2, 0.25) is 0 Å². The van der Waals surface area contributed by atoms with Gasteiger partial charge >= 0.3 is 0 Å². The Hall–Kier alpha value is -2.92. The first kappa shape index (κ1) is 20.8. The van der Waals surface area contributed by atoms with Crippen LogP contribution in [0, 0.1) is 25.5 Å². The molecule has 3 aromatic rings. The van der Waals surface area contributed by atoms with Crippen LogP contribution in [0.25, 0.3) is 5.82 Å². The lowest BCUT2D eigenvalue weighted by Gasteiger charge is -2.11. The molecule has 154 valence electrons. The van der Waals surface area contributed by atoms with E-state index in [0.717, 1.165) is 18.0 Å². The highest BCUT2D eigenvalue weighted by Crippen LogP contribution is 2.13. The Balaban J connectivity index is 1.57. The van der Waals surface area contributed by atoms with Gasteiger partial charge in [-0.25, -0.2) is 36.9 Å². The lowest BCUT2D eigenvalue weighted by atomic mass is 10.2. The number of imidazole rings is 1. The second kappa shape index (κ2) is 8.62. The van der Waals surface area contributed by atoms with Crippen LogP contribution in [0.4, 0.5) is 14.6 Å². The maximum Gasteiger partial charge on any atom is 0.215 e. The highest BCUT2D eigenvalue weighted by atomic mass is 32.2. The molecule has 2 heterocycles. The summed E-state index contributed by atoms with van der Waals surface area (Å²) < 4.78 is 54.8. The number of hydrogen-bond acceptors (Lipinski definition) is 6. The average molecular weight is 422 g/mol. The minimum atomic E-state index is -3.75. The molecule has 0 fully saturated rings. The van der Waals surface area contributed by atoms with E-state index in [2.05, 4.69) is 25.0 Å². The van der Waals surface area contributed by atoms with Gasteiger partial charge in [0.05, 0.1) is 5.75 Å². The minimum absolute atomic E-state index is 0.0368. The zero-order chi connectivity index (χ0) is 21.0. The van der Waals surface area contributed by atoms with Gasteiger partial charge in [0.2, 0.25) is 10.0 Å². The largest absolute Gasteiger partial charge is 0.369 e. The van der Waals surface area contributed by atoms with E-state index in [0.29, 0.717) is 23.5 Å². The Morgan fingerprint density at radius 3 is 2.41 bits per heavy atom. The summed E-state index contributed by atoms with van der Waals surface area (Å²) in [5, 5.41) is 3.03. The van der Waals surface area contributed by atoms with Crippen molar-refractivity contribution in [3.05, 3.63) is 65.5 Å². The Labute approximate surface area is 167 Å². The van der Waals surface area contributed by atoms with Crippen LogP contribution in [-0.4, -0.2) is 41.0 Å². The zero-order valence-corrected chi connectivity index (χ0v) is 16.7. The number of anilines is 1. The van der Waals surface area contributed by atoms with Gasteiger partial charge in [-0.2, -0.15) is 0 Å². The van der Waals surface area contributed by atoms with Gasteiger partial charge in [-0.3, -0.25) is 4.57 Å². The van der Waals surface area contributed by atoms with Crippen molar-refractivity contribution in [1.29, 1.82) is 0 Å². The van der Waals surface area contributed by atoms with Crippen LogP contribution in [0.15, 0.2) is 36.7 Å². The van der Waals surface area contributed by atoms with Gasteiger partial charge in [0.15, 0.2) is 0 Å². The molecule has 0 radical (unpaired) electrons. The molecule has 0 aliphatic carbocycles. The van der Waals surface area contributed by atoms with E-state index in [1.807, 2.05) is 6.92 Å². The zero-order valence-electron chi connectivity index (χ0n) is 15.9. The number of rotatable bonds is 8. The molecular weight excluding hydrogens is 402 g/mol. The highest BCUT2D eigenvalue weighted by molar-refractivity contribution is 7.88. The van der Waals surface area contributed by atoms with Gasteiger partial charge < -0.3 is 5.32 Å². The van der Waals surface area contributed by atoms with Crippen molar-refractivity contribution in [2.75, 3.05) is 18.4 Å². The van der Waals surface area contributed by atoms with Crippen LogP contribution in [0.5, 0.6) is 0 Å². The second-order valence-corrected chi connectivity index (χ2v) is 8.17. The van der Waals surface area contributed by atoms with Crippen LogP contribution in [0.1, 0.15) is 17.2 Å².